The number of nitrogens with zero attached hydrogens (tertiary/aromatic N) is 3. The standard InChI is InChI=1S/C15H19N3O3/c1-10-3-4-14-16-11(8-18(14)6-10)7-17-9-12(19)5-13(17)15(20)21-2/h3-4,6,8,12-13,19H,5,7,9H2,1-2H3. The van der Waals surface area contributed by atoms with Gasteiger partial charge in [-0.1, -0.05) is 6.07 Å². The van der Waals surface area contributed by atoms with Crippen molar-refractivity contribution in [3.8, 4) is 0 Å². The van der Waals surface area contributed by atoms with Crippen molar-refractivity contribution in [3.05, 3.63) is 35.8 Å². The van der Waals surface area contributed by atoms with Gasteiger partial charge in [-0.2, -0.15) is 0 Å². The number of ether oxygens (including phenoxy) is 1. The lowest BCUT2D eigenvalue weighted by atomic mass is 10.2. The summed E-state index contributed by atoms with van der Waals surface area (Å²) in [7, 11) is 1.37. The highest BCUT2D eigenvalue weighted by molar-refractivity contribution is 5.76. The lowest BCUT2D eigenvalue weighted by molar-refractivity contribution is -0.146. The minimum absolute atomic E-state index is 0.300. The number of imidazole rings is 1. The maximum Gasteiger partial charge on any atom is 0.323 e. The Morgan fingerprint density at radius 1 is 1.48 bits per heavy atom. The van der Waals surface area contributed by atoms with Crippen LogP contribution in [0.1, 0.15) is 17.7 Å². The molecule has 1 N–H and O–H groups in total. The molecule has 2 atom stereocenters. The molecule has 2 aromatic heterocycles. The molecule has 2 aromatic rings. The summed E-state index contributed by atoms with van der Waals surface area (Å²) in [5.41, 5.74) is 2.92. The predicted molar refractivity (Wildman–Crippen MR) is 76.8 cm³/mol. The number of fused-ring (bicyclic) bond motifs is 1. The second-order valence-corrected chi connectivity index (χ2v) is 5.56. The molecule has 1 aliphatic rings. The van der Waals surface area contributed by atoms with Gasteiger partial charge >= 0.3 is 5.97 Å². The SMILES string of the molecule is COC(=O)C1CC(O)CN1Cc1cn2cc(C)ccc2n1. The lowest BCUT2D eigenvalue weighted by Crippen LogP contribution is -2.36. The zero-order chi connectivity index (χ0) is 15.0. The minimum atomic E-state index is -0.492. The van der Waals surface area contributed by atoms with E-state index in [1.165, 1.54) is 7.11 Å². The Bertz CT molecular complexity index is 667. The molecule has 0 radical (unpaired) electrons. The summed E-state index contributed by atoms with van der Waals surface area (Å²) in [6.45, 7) is 3.02. The molecular formula is C15H19N3O3. The molecule has 1 aliphatic heterocycles. The fourth-order valence-electron chi connectivity index (χ4n) is 2.88. The minimum Gasteiger partial charge on any atom is -0.468 e. The summed E-state index contributed by atoms with van der Waals surface area (Å²) in [6.07, 6.45) is 3.90. The second kappa shape index (κ2) is 5.46. The van der Waals surface area contributed by atoms with Gasteiger partial charge in [0.25, 0.3) is 0 Å². The summed E-state index contributed by atoms with van der Waals surface area (Å²) in [5, 5.41) is 9.79. The third-order valence-corrected chi connectivity index (χ3v) is 3.87. The molecule has 0 aromatic carbocycles. The van der Waals surface area contributed by atoms with E-state index in [2.05, 4.69) is 4.98 Å². The van der Waals surface area contributed by atoms with Gasteiger partial charge in [-0.25, -0.2) is 4.98 Å². The fraction of sp³-hybridized carbons (Fsp3) is 0.467. The van der Waals surface area contributed by atoms with Crippen LogP contribution in [0.3, 0.4) is 0 Å². The van der Waals surface area contributed by atoms with Gasteiger partial charge in [0, 0.05) is 31.9 Å². The third kappa shape index (κ3) is 2.77. The number of carbonyl (C=O) groups is 1. The first-order chi connectivity index (χ1) is 10.1. The maximum absolute atomic E-state index is 11.8. The number of carbonyl (C=O) groups excluding carboxylic acids is 1. The highest BCUT2D eigenvalue weighted by Gasteiger charge is 2.36. The number of likely N-dealkylation sites (tertiary alicyclic amines) is 1. The van der Waals surface area contributed by atoms with Gasteiger partial charge in [0.2, 0.25) is 0 Å². The van der Waals surface area contributed by atoms with Crippen LogP contribution in [-0.4, -0.2) is 51.2 Å². The second-order valence-electron chi connectivity index (χ2n) is 5.56. The smallest absolute Gasteiger partial charge is 0.323 e. The van der Waals surface area contributed by atoms with Crippen molar-refractivity contribution in [3.63, 3.8) is 0 Å². The molecule has 0 saturated carbocycles. The molecule has 0 aliphatic carbocycles. The van der Waals surface area contributed by atoms with Crippen LogP contribution in [0.5, 0.6) is 0 Å². The number of hydrogen-bond acceptors (Lipinski definition) is 5. The Morgan fingerprint density at radius 3 is 3.05 bits per heavy atom. The molecule has 3 rings (SSSR count). The molecule has 6 heteroatoms. The Kier molecular flexibility index (Phi) is 3.65. The van der Waals surface area contributed by atoms with E-state index in [1.807, 2.05) is 40.8 Å². The van der Waals surface area contributed by atoms with Crippen LogP contribution in [0.4, 0.5) is 0 Å². The van der Waals surface area contributed by atoms with Crippen molar-refractivity contribution in [1.82, 2.24) is 14.3 Å². The van der Waals surface area contributed by atoms with E-state index in [1.54, 1.807) is 0 Å². The number of hydrogen-bond donors (Lipinski definition) is 1. The maximum atomic E-state index is 11.8. The Balaban J connectivity index is 1.81. The quantitative estimate of drug-likeness (QED) is 0.845. The van der Waals surface area contributed by atoms with Crippen molar-refractivity contribution in [2.75, 3.05) is 13.7 Å². The molecule has 0 amide bonds. The molecule has 0 bridgehead atoms. The van der Waals surface area contributed by atoms with Gasteiger partial charge in [-0.3, -0.25) is 9.69 Å². The van der Waals surface area contributed by atoms with E-state index in [0.717, 1.165) is 16.9 Å². The number of aliphatic hydroxyl groups excluding tert-OH is 1. The Hall–Kier alpha value is -1.92. The lowest BCUT2D eigenvalue weighted by Gasteiger charge is -2.20. The van der Waals surface area contributed by atoms with Gasteiger partial charge in [0.15, 0.2) is 0 Å². The zero-order valence-corrected chi connectivity index (χ0v) is 12.2. The van der Waals surface area contributed by atoms with Gasteiger partial charge in [0.1, 0.15) is 11.7 Å². The van der Waals surface area contributed by atoms with Crippen LogP contribution in [0, 0.1) is 6.92 Å². The van der Waals surface area contributed by atoms with Gasteiger partial charge in [-0.05, 0) is 18.6 Å². The van der Waals surface area contributed by atoms with Crippen LogP contribution in [0.15, 0.2) is 24.5 Å². The molecule has 6 nitrogen and oxygen atoms in total. The molecule has 112 valence electrons. The zero-order valence-electron chi connectivity index (χ0n) is 12.2. The molecular weight excluding hydrogens is 270 g/mol. The number of rotatable bonds is 3. The van der Waals surface area contributed by atoms with E-state index < -0.39 is 12.1 Å². The summed E-state index contributed by atoms with van der Waals surface area (Å²) in [6, 6.07) is 3.59. The highest BCUT2D eigenvalue weighted by atomic mass is 16.5. The summed E-state index contributed by atoms with van der Waals surface area (Å²) in [4.78, 5) is 18.2. The Labute approximate surface area is 123 Å². The highest BCUT2D eigenvalue weighted by Crippen LogP contribution is 2.21. The number of aliphatic hydroxyl groups is 1. The molecule has 2 unspecified atom stereocenters. The van der Waals surface area contributed by atoms with E-state index >= 15 is 0 Å². The van der Waals surface area contributed by atoms with Crippen molar-refractivity contribution in [1.29, 1.82) is 0 Å². The first-order valence-corrected chi connectivity index (χ1v) is 7.01. The van der Waals surface area contributed by atoms with Crippen LogP contribution in [0.2, 0.25) is 0 Å². The van der Waals surface area contributed by atoms with E-state index in [4.69, 9.17) is 4.74 Å². The number of β-amino-alcohol motifs (C(OH)–C–C–N with tert-alkyl or cyclic N) is 1. The Morgan fingerprint density at radius 2 is 2.29 bits per heavy atom. The van der Waals surface area contributed by atoms with Crippen LogP contribution < -0.4 is 0 Å². The fourth-order valence-corrected chi connectivity index (χ4v) is 2.88. The first kappa shape index (κ1) is 14.0. The molecule has 0 spiro atoms. The van der Waals surface area contributed by atoms with E-state index in [0.29, 0.717) is 19.5 Å². The van der Waals surface area contributed by atoms with Crippen molar-refractivity contribution in [2.24, 2.45) is 0 Å². The number of aryl methyl sites for hydroxylation is 1. The van der Waals surface area contributed by atoms with Gasteiger partial charge in [0.05, 0.1) is 18.9 Å². The summed E-state index contributed by atoms with van der Waals surface area (Å²) < 4.78 is 6.78. The van der Waals surface area contributed by atoms with Crippen molar-refractivity contribution in [2.45, 2.75) is 32.0 Å². The van der Waals surface area contributed by atoms with E-state index in [9.17, 15) is 9.90 Å². The average Bonchev–Trinajstić information content (AvgIpc) is 3.00. The number of esters is 1. The molecule has 1 fully saturated rings. The van der Waals surface area contributed by atoms with Gasteiger partial charge < -0.3 is 14.2 Å². The van der Waals surface area contributed by atoms with E-state index in [-0.39, 0.29) is 5.97 Å². The van der Waals surface area contributed by atoms with Crippen molar-refractivity contribution >= 4 is 11.6 Å². The monoisotopic (exact) mass is 289 g/mol. The normalized spacial score (nSPS) is 22.8. The topological polar surface area (TPSA) is 67.1 Å². The van der Waals surface area contributed by atoms with Crippen LogP contribution in [0.25, 0.3) is 5.65 Å². The molecule has 21 heavy (non-hydrogen) atoms. The van der Waals surface area contributed by atoms with Gasteiger partial charge in [-0.15, -0.1) is 0 Å². The predicted octanol–water partition coefficient (Wildman–Crippen LogP) is 0.751. The first-order valence-electron chi connectivity index (χ1n) is 7.01. The third-order valence-electron chi connectivity index (χ3n) is 3.87. The summed E-state index contributed by atoms with van der Waals surface area (Å²) >= 11 is 0. The summed E-state index contributed by atoms with van der Waals surface area (Å²) in [5.74, 6) is -0.300. The number of pyridine rings is 1. The van der Waals surface area contributed by atoms with Crippen molar-refractivity contribution < 1.29 is 14.6 Å². The average molecular weight is 289 g/mol. The largest absolute Gasteiger partial charge is 0.468 e. The van der Waals surface area contributed by atoms with Crippen LogP contribution in [-0.2, 0) is 16.1 Å². The molecule has 1 saturated heterocycles. The number of methoxy groups -OCH3 is 1. The number of aromatic nitrogens is 2. The van der Waals surface area contributed by atoms with Crippen LogP contribution >= 0.6 is 0 Å². The molecule has 3 heterocycles.